The maximum absolute atomic E-state index is 12.0. The fraction of sp³-hybridized carbons (Fsp3) is 0.500. The maximum Gasteiger partial charge on any atom is 0.269 e. The van der Waals surface area contributed by atoms with Gasteiger partial charge in [0.2, 0.25) is 0 Å². The van der Waals surface area contributed by atoms with Crippen molar-refractivity contribution in [1.82, 2.24) is 24.5 Å². The van der Waals surface area contributed by atoms with E-state index in [9.17, 15) is 4.79 Å². The lowest BCUT2D eigenvalue weighted by molar-refractivity contribution is 0.482. The van der Waals surface area contributed by atoms with Crippen molar-refractivity contribution in [2.45, 2.75) is 26.4 Å². The maximum atomic E-state index is 12.0. The summed E-state index contributed by atoms with van der Waals surface area (Å²) in [4.78, 5) is 16.1. The molecule has 0 unspecified atom stereocenters. The molecule has 0 aromatic carbocycles. The van der Waals surface area contributed by atoms with E-state index in [4.69, 9.17) is 5.73 Å². The topological polar surface area (TPSA) is 104 Å². The Balaban J connectivity index is 2.17. The number of hydrogen-bond acceptors (Lipinski definition) is 6. The van der Waals surface area contributed by atoms with Gasteiger partial charge in [-0.3, -0.25) is 4.79 Å². The van der Waals surface area contributed by atoms with Crippen molar-refractivity contribution < 1.29 is 0 Å². The van der Waals surface area contributed by atoms with E-state index in [1.54, 1.807) is 10.9 Å². The third-order valence-electron chi connectivity index (χ3n) is 2.77. The van der Waals surface area contributed by atoms with E-state index in [2.05, 4.69) is 20.5 Å². The number of aromatic nitrogens is 5. The second-order valence-electron chi connectivity index (χ2n) is 4.67. The molecule has 2 aromatic heterocycles. The Morgan fingerprint density at radius 2 is 2.20 bits per heavy atom. The summed E-state index contributed by atoms with van der Waals surface area (Å²) in [6.45, 7) is 5.42. The fourth-order valence-electron chi connectivity index (χ4n) is 1.82. The fourth-order valence-corrected chi connectivity index (χ4v) is 1.82. The lowest BCUT2D eigenvalue weighted by Gasteiger charge is -2.10. The van der Waals surface area contributed by atoms with Crippen molar-refractivity contribution in [3.05, 3.63) is 34.8 Å². The Labute approximate surface area is 116 Å². The molecule has 0 saturated heterocycles. The third kappa shape index (κ3) is 3.21. The zero-order valence-corrected chi connectivity index (χ0v) is 11.7. The van der Waals surface area contributed by atoms with Gasteiger partial charge in [-0.05, 0) is 13.8 Å². The molecule has 2 aromatic rings. The van der Waals surface area contributed by atoms with E-state index in [0.29, 0.717) is 31.1 Å². The minimum absolute atomic E-state index is 0.189. The normalized spacial score (nSPS) is 11.0. The van der Waals surface area contributed by atoms with Gasteiger partial charge >= 0.3 is 0 Å². The molecule has 8 nitrogen and oxygen atoms in total. The van der Waals surface area contributed by atoms with Gasteiger partial charge in [0.1, 0.15) is 18.7 Å². The molecular weight excluding hydrogens is 258 g/mol. The average molecular weight is 277 g/mol. The van der Waals surface area contributed by atoms with Crippen molar-refractivity contribution in [1.29, 1.82) is 0 Å². The van der Waals surface area contributed by atoms with E-state index in [1.165, 1.54) is 17.1 Å². The van der Waals surface area contributed by atoms with Gasteiger partial charge in [0.05, 0.1) is 11.9 Å². The van der Waals surface area contributed by atoms with Crippen molar-refractivity contribution >= 4 is 5.69 Å². The highest BCUT2D eigenvalue weighted by Crippen LogP contribution is 2.06. The molecule has 0 fully saturated rings. The van der Waals surface area contributed by atoms with Gasteiger partial charge in [0, 0.05) is 25.2 Å². The number of hydrogen-bond donors (Lipinski definition) is 2. The smallest absolute Gasteiger partial charge is 0.269 e. The summed E-state index contributed by atoms with van der Waals surface area (Å²) in [6.07, 6.45) is 3.09. The summed E-state index contributed by atoms with van der Waals surface area (Å²) >= 11 is 0. The molecule has 0 atom stereocenters. The van der Waals surface area contributed by atoms with Crippen LogP contribution in [0.5, 0.6) is 0 Å². The first-order valence-corrected chi connectivity index (χ1v) is 6.51. The van der Waals surface area contributed by atoms with Crippen LogP contribution in [0.15, 0.2) is 23.4 Å². The zero-order chi connectivity index (χ0) is 14.5. The Hall–Kier alpha value is -2.22. The first-order chi connectivity index (χ1) is 9.61. The second kappa shape index (κ2) is 6.29. The van der Waals surface area contributed by atoms with Gasteiger partial charge in [-0.1, -0.05) is 0 Å². The molecule has 0 bridgehead atoms. The molecular formula is C12H19N7O. The predicted molar refractivity (Wildman–Crippen MR) is 75.6 cm³/mol. The SMILES string of the molecule is CC(C)n1ncnc1Cn1ncc(NCCN)cc1=O. The van der Waals surface area contributed by atoms with Gasteiger partial charge < -0.3 is 11.1 Å². The zero-order valence-electron chi connectivity index (χ0n) is 11.7. The third-order valence-corrected chi connectivity index (χ3v) is 2.77. The highest BCUT2D eigenvalue weighted by atomic mass is 16.1. The Bertz CT molecular complexity index is 616. The molecule has 20 heavy (non-hydrogen) atoms. The quantitative estimate of drug-likeness (QED) is 0.760. The molecule has 8 heteroatoms. The second-order valence-corrected chi connectivity index (χ2v) is 4.67. The number of nitrogens with one attached hydrogen (secondary N) is 1. The van der Waals surface area contributed by atoms with Crippen LogP contribution in [0.4, 0.5) is 5.69 Å². The summed E-state index contributed by atoms with van der Waals surface area (Å²) in [7, 11) is 0. The number of nitrogens with two attached hydrogens (primary N) is 1. The highest BCUT2D eigenvalue weighted by molar-refractivity contribution is 5.38. The van der Waals surface area contributed by atoms with E-state index < -0.39 is 0 Å². The van der Waals surface area contributed by atoms with Crippen molar-refractivity contribution in [3.63, 3.8) is 0 Å². The monoisotopic (exact) mass is 277 g/mol. The van der Waals surface area contributed by atoms with Gasteiger partial charge in [0.15, 0.2) is 0 Å². The van der Waals surface area contributed by atoms with Crippen LogP contribution in [0.1, 0.15) is 25.7 Å². The molecule has 0 aliphatic carbocycles. The largest absolute Gasteiger partial charge is 0.382 e. The first-order valence-electron chi connectivity index (χ1n) is 6.51. The molecule has 0 radical (unpaired) electrons. The van der Waals surface area contributed by atoms with Gasteiger partial charge in [-0.2, -0.15) is 10.2 Å². The molecule has 0 aliphatic heterocycles. The van der Waals surface area contributed by atoms with E-state index >= 15 is 0 Å². The van der Waals surface area contributed by atoms with Crippen LogP contribution < -0.4 is 16.6 Å². The van der Waals surface area contributed by atoms with Crippen LogP contribution in [0.2, 0.25) is 0 Å². The molecule has 108 valence electrons. The summed E-state index contributed by atoms with van der Waals surface area (Å²) in [6, 6.07) is 1.69. The van der Waals surface area contributed by atoms with Crippen LogP contribution in [-0.2, 0) is 6.54 Å². The Kier molecular flexibility index (Phi) is 4.46. The Morgan fingerprint density at radius 3 is 2.85 bits per heavy atom. The summed E-state index contributed by atoms with van der Waals surface area (Å²) < 4.78 is 3.13. The van der Waals surface area contributed by atoms with Crippen LogP contribution in [0, 0.1) is 0 Å². The molecule has 0 aliphatic rings. The highest BCUT2D eigenvalue weighted by Gasteiger charge is 2.09. The standard InChI is InChI=1S/C12H19N7O/c1-9(2)19-11(15-8-17-19)7-18-12(20)5-10(6-16-18)14-4-3-13/h5-6,8-9,14H,3-4,7,13H2,1-2H3. The molecule has 0 saturated carbocycles. The molecule has 2 rings (SSSR count). The summed E-state index contributed by atoms with van der Waals surface area (Å²) in [5.74, 6) is 0.706. The average Bonchev–Trinajstić information content (AvgIpc) is 2.87. The molecule has 0 amide bonds. The van der Waals surface area contributed by atoms with Gasteiger partial charge in [-0.25, -0.2) is 14.3 Å². The van der Waals surface area contributed by atoms with Crippen LogP contribution in [0.3, 0.4) is 0 Å². The number of anilines is 1. The van der Waals surface area contributed by atoms with Crippen molar-refractivity contribution in [3.8, 4) is 0 Å². The first kappa shape index (κ1) is 14.2. The van der Waals surface area contributed by atoms with Crippen LogP contribution in [0.25, 0.3) is 0 Å². The summed E-state index contributed by atoms with van der Waals surface area (Å²) in [5.41, 5.74) is 5.87. The molecule has 0 spiro atoms. The Morgan fingerprint density at radius 1 is 1.40 bits per heavy atom. The van der Waals surface area contributed by atoms with Crippen LogP contribution >= 0.6 is 0 Å². The van der Waals surface area contributed by atoms with Crippen LogP contribution in [-0.4, -0.2) is 37.6 Å². The number of nitrogens with zero attached hydrogens (tertiary/aromatic N) is 5. The van der Waals surface area contributed by atoms with Crippen molar-refractivity contribution in [2.24, 2.45) is 5.73 Å². The molecule has 3 N–H and O–H groups in total. The van der Waals surface area contributed by atoms with E-state index in [-0.39, 0.29) is 11.6 Å². The molecule has 2 heterocycles. The minimum atomic E-state index is -0.190. The van der Waals surface area contributed by atoms with Gasteiger partial charge in [-0.15, -0.1) is 0 Å². The summed E-state index contributed by atoms with van der Waals surface area (Å²) in [5, 5.41) is 11.3. The van der Waals surface area contributed by atoms with E-state index in [0.717, 1.165) is 0 Å². The number of rotatable bonds is 6. The van der Waals surface area contributed by atoms with E-state index in [1.807, 2.05) is 13.8 Å². The van der Waals surface area contributed by atoms with Gasteiger partial charge in [0.25, 0.3) is 5.56 Å². The predicted octanol–water partition coefficient (Wildman–Crippen LogP) is -0.165. The minimum Gasteiger partial charge on any atom is -0.382 e. The lowest BCUT2D eigenvalue weighted by atomic mass is 10.4. The van der Waals surface area contributed by atoms with Crippen molar-refractivity contribution in [2.75, 3.05) is 18.4 Å². The lowest BCUT2D eigenvalue weighted by Crippen LogP contribution is -2.25.